The molecule has 0 saturated heterocycles. The van der Waals surface area contributed by atoms with Crippen molar-refractivity contribution in [2.75, 3.05) is 13.7 Å². The van der Waals surface area contributed by atoms with Gasteiger partial charge in [0, 0.05) is 6.04 Å². The summed E-state index contributed by atoms with van der Waals surface area (Å²) in [6.45, 7) is 9.09. The smallest absolute Gasteiger partial charge is 0.119 e. The fourth-order valence-electron chi connectivity index (χ4n) is 2.25. The summed E-state index contributed by atoms with van der Waals surface area (Å²) in [5.74, 6) is 0.843. The average molecular weight is 251 g/mol. The van der Waals surface area contributed by atoms with E-state index in [4.69, 9.17) is 4.74 Å². The lowest BCUT2D eigenvalue weighted by Crippen LogP contribution is -2.33. The standard InChI is InChI=1S/C15H25NO2/c1-6-7-16-12(4)15(17)14-10(2)8-13(18-5)9-11(14)3/h8-9,12,15-17H,6-7H2,1-5H3. The normalized spacial score (nSPS) is 14.3. The van der Waals surface area contributed by atoms with Crippen LogP contribution in [-0.4, -0.2) is 24.8 Å². The van der Waals surface area contributed by atoms with Gasteiger partial charge in [0.25, 0.3) is 0 Å². The largest absolute Gasteiger partial charge is 0.497 e. The second-order valence-corrected chi connectivity index (χ2v) is 4.86. The van der Waals surface area contributed by atoms with Gasteiger partial charge in [0.2, 0.25) is 0 Å². The van der Waals surface area contributed by atoms with Crippen LogP contribution in [0.4, 0.5) is 0 Å². The van der Waals surface area contributed by atoms with E-state index in [2.05, 4.69) is 12.2 Å². The van der Waals surface area contributed by atoms with Crippen LogP contribution in [0.3, 0.4) is 0 Å². The highest BCUT2D eigenvalue weighted by Gasteiger charge is 2.20. The van der Waals surface area contributed by atoms with Gasteiger partial charge in [0.15, 0.2) is 0 Å². The molecule has 3 nitrogen and oxygen atoms in total. The number of nitrogens with one attached hydrogen (secondary N) is 1. The van der Waals surface area contributed by atoms with Crippen LogP contribution in [0.5, 0.6) is 5.75 Å². The van der Waals surface area contributed by atoms with Crippen LogP contribution in [-0.2, 0) is 0 Å². The van der Waals surface area contributed by atoms with Gasteiger partial charge in [0.05, 0.1) is 13.2 Å². The minimum absolute atomic E-state index is 0.0516. The second kappa shape index (κ2) is 6.76. The van der Waals surface area contributed by atoms with E-state index >= 15 is 0 Å². The molecule has 0 fully saturated rings. The van der Waals surface area contributed by atoms with E-state index in [1.807, 2.05) is 32.9 Å². The SMILES string of the molecule is CCCNC(C)C(O)c1c(C)cc(OC)cc1C. The number of aliphatic hydroxyl groups excluding tert-OH is 1. The van der Waals surface area contributed by atoms with Crippen molar-refractivity contribution in [3.8, 4) is 5.75 Å². The number of benzene rings is 1. The first kappa shape index (κ1) is 15.0. The highest BCUT2D eigenvalue weighted by molar-refractivity contribution is 5.42. The lowest BCUT2D eigenvalue weighted by Gasteiger charge is -2.24. The van der Waals surface area contributed by atoms with Crippen molar-refractivity contribution < 1.29 is 9.84 Å². The molecule has 3 heteroatoms. The molecule has 0 aliphatic rings. The molecule has 2 unspecified atom stereocenters. The molecule has 1 aromatic carbocycles. The second-order valence-electron chi connectivity index (χ2n) is 4.86. The Morgan fingerprint density at radius 3 is 2.28 bits per heavy atom. The summed E-state index contributed by atoms with van der Waals surface area (Å²) in [6.07, 6.45) is 0.583. The van der Waals surface area contributed by atoms with Crippen molar-refractivity contribution >= 4 is 0 Å². The number of hydrogen-bond donors (Lipinski definition) is 2. The molecular formula is C15H25NO2. The van der Waals surface area contributed by atoms with Gasteiger partial charge in [-0.3, -0.25) is 0 Å². The zero-order valence-corrected chi connectivity index (χ0v) is 12.1. The summed E-state index contributed by atoms with van der Waals surface area (Å²) < 4.78 is 5.24. The van der Waals surface area contributed by atoms with Crippen molar-refractivity contribution in [3.63, 3.8) is 0 Å². The van der Waals surface area contributed by atoms with Crippen molar-refractivity contribution in [1.29, 1.82) is 0 Å². The van der Waals surface area contributed by atoms with Gasteiger partial charge >= 0.3 is 0 Å². The van der Waals surface area contributed by atoms with E-state index < -0.39 is 6.10 Å². The predicted octanol–water partition coefficient (Wildman–Crippen LogP) is 2.73. The maximum Gasteiger partial charge on any atom is 0.119 e. The highest BCUT2D eigenvalue weighted by Crippen LogP contribution is 2.28. The Bertz CT molecular complexity index is 367. The minimum atomic E-state index is -0.484. The molecule has 0 radical (unpaired) electrons. The molecule has 0 aliphatic carbocycles. The fourth-order valence-corrected chi connectivity index (χ4v) is 2.25. The van der Waals surface area contributed by atoms with E-state index in [9.17, 15) is 5.11 Å². The van der Waals surface area contributed by atoms with Crippen LogP contribution in [0.1, 0.15) is 43.1 Å². The quantitative estimate of drug-likeness (QED) is 0.817. The number of aliphatic hydroxyl groups is 1. The Morgan fingerprint density at radius 2 is 1.83 bits per heavy atom. The third kappa shape index (κ3) is 3.47. The Kier molecular flexibility index (Phi) is 5.63. The molecule has 0 bridgehead atoms. The summed E-state index contributed by atoms with van der Waals surface area (Å²) in [5.41, 5.74) is 3.15. The Hall–Kier alpha value is -1.06. The van der Waals surface area contributed by atoms with Gasteiger partial charge in [-0.05, 0) is 62.6 Å². The average Bonchev–Trinajstić information content (AvgIpc) is 2.34. The summed E-state index contributed by atoms with van der Waals surface area (Å²) in [5, 5.41) is 13.8. The van der Waals surface area contributed by atoms with Gasteiger partial charge in [-0.1, -0.05) is 6.92 Å². The molecule has 18 heavy (non-hydrogen) atoms. The first-order valence-electron chi connectivity index (χ1n) is 6.57. The Labute approximate surface area is 110 Å². The Balaban J connectivity index is 2.94. The highest BCUT2D eigenvalue weighted by atomic mass is 16.5. The lowest BCUT2D eigenvalue weighted by atomic mass is 9.94. The molecular weight excluding hydrogens is 226 g/mol. The van der Waals surface area contributed by atoms with Crippen molar-refractivity contribution in [2.24, 2.45) is 0 Å². The zero-order valence-electron chi connectivity index (χ0n) is 12.1. The molecule has 0 aliphatic heterocycles. The zero-order chi connectivity index (χ0) is 13.7. The predicted molar refractivity (Wildman–Crippen MR) is 75.2 cm³/mol. The lowest BCUT2D eigenvalue weighted by molar-refractivity contribution is 0.135. The van der Waals surface area contributed by atoms with Gasteiger partial charge in [0.1, 0.15) is 5.75 Å². The van der Waals surface area contributed by atoms with Gasteiger partial charge in [-0.2, -0.15) is 0 Å². The molecule has 1 aromatic rings. The van der Waals surface area contributed by atoms with Crippen LogP contribution >= 0.6 is 0 Å². The van der Waals surface area contributed by atoms with Gasteiger partial charge in [-0.15, -0.1) is 0 Å². The molecule has 1 rings (SSSR count). The van der Waals surface area contributed by atoms with E-state index in [0.29, 0.717) is 0 Å². The van der Waals surface area contributed by atoms with E-state index in [-0.39, 0.29) is 6.04 Å². The molecule has 0 heterocycles. The van der Waals surface area contributed by atoms with Gasteiger partial charge in [-0.25, -0.2) is 0 Å². The van der Waals surface area contributed by atoms with Crippen molar-refractivity contribution in [1.82, 2.24) is 5.32 Å². The molecule has 0 spiro atoms. The van der Waals surface area contributed by atoms with Crippen LogP contribution in [0.15, 0.2) is 12.1 Å². The van der Waals surface area contributed by atoms with E-state index in [0.717, 1.165) is 35.4 Å². The third-order valence-corrected chi connectivity index (χ3v) is 3.29. The Morgan fingerprint density at radius 1 is 1.28 bits per heavy atom. The summed E-state index contributed by atoms with van der Waals surface area (Å²) >= 11 is 0. The summed E-state index contributed by atoms with van der Waals surface area (Å²) in [6, 6.07) is 3.99. The first-order chi connectivity index (χ1) is 8.51. The maximum absolute atomic E-state index is 10.4. The number of ether oxygens (including phenoxy) is 1. The van der Waals surface area contributed by atoms with Crippen LogP contribution in [0, 0.1) is 13.8 Å². The molecule has 2 atom stereocenters. The topological polar surface area (TPSA) is 41.5 Å². The number of rotatable bonds is 6. The maximum atomic E-state index is 10.4. The molecule has 0 saturated carbocycles. The van der Waals surface area contributed by atoms with Crippen LogP contribution < -0.4 is 10.1 Å². The third-order valence-electron chi connectivity index (χ3n) is 3.29. The first-order valence-corrected chi connectivity index (χ1v) is 6.57. The van der Waals surface area contributed by atoms with Crippen LogP contribution in [0.25, 0.3) is 0 Å². The molecule has 102 valence electrons. The van der Waals surface area contributed by atoms with Crippen molar-refractivity contribution in [3.05, 3.63) is 28.8 Å². The summed E-state index contributed by atoms with van der Waals surface area (Å²) in [7, 11) is 1.66. The minimum Gasteiger partial charge on any atom is -0.497 e. The fraction of sp³-hybridized carbons (Fsp3) is 0.600. The number of methoxy groups -OCH3 is 1. The molecule has 0 aromatic heterocycles. The van der Waals surface area contributed by atoms with E-state index in [1.165, 1.54) is 0 Å². The summed E-state index contributed by atoms with van der Waals surface area (Å²) in [4.78, 5) is 0. The molecule has 0 amide bonds. The van der Waals surface area contributed by atoms with E-state index in [1.54, 1.807) is 7.11 Å². The van der Waals surface area contributed by atoms with Gasteiger partial charge < -0.3 is 15.2 Å². The molecule has 2 N–H and O–H groups in total. The van der Waals surface area contributed by atoms with Crippen molar-refractivity contribution in [2.45, 2.75) is 46.3 Å². The van der Waals surface area contributed by atoms with Crippen LogP contribution in [0.2, 0.25) is 0 Å². The number of aryl methyl sites for hydroxylation is 2. The number of hydrogen-bond acceptors (Lipinski definition) is 3. The monoisotopic (exact) mass is 251 g/mol.